The van der Waals surface area contributed by atoms with Gasteiger partial charge in [-0.1, -0.05) is 60.7 Å². The van der Waals surface area contributed by atoms with Crippen LogP contribution >= 0.6 is 0 Å². The Labute approximate surface area is 141 Å². The zero-order chi connectivity index (χ0) is 17.3. The zero-order valence-electron chi connectivity index (χ0n) is 13.7. The van der Waals surface area contributed by atoms with Gasteiger partial charge in [-0.2, -0.15) is 0 Å². The maximum Gasteiger partial charge on any atom is 0.257 e. The van der Waals surface area contributed by atoms with Crippen molar-refractivity contribution in [3.63, 3.8) is 0 Å². The molecule has 1 N–H and O–H groups in total. The van der Waals surface area contributed by atoms with Crippen LogP contribution in [-0.2, 0) is 16.1 Å². The van der Waals surface area contributed by atoms with Crippen molar-refractivity contribution < 1.29 is 14.7 Å². The normalized spacial score (nSPS) is 20.6. The molecule has 2 aromatic rings. The van der Waals surface area contributed by atoms with Crippen LogP contribution in [0, 0.1) is 0 Å². The number of Topliss-reactive ketones (excluding diaryl/α,β-unsaturated/α-hetero) is 1. The van der Waals surface area contributed by atoms with Gasteiger partial charge in [0.15, 0.2) is 11.5 Å². The average Bonchev–Trinajstić information content (AvgIpc) is 2.77. The second kappa shape index (κ2) is 6.06. The van der Waals surface area contributed by atoms with Crippen molar-refractivity contribution in [2.75, 3.05) is 0 Å². The first-order chi connectivity index (χ1) is 11.4. The molecule has 0 fully saturated rings. The minimum atomic E-state index is -1.63. The van der Waals surface area contributed by atoms with Crippen LogP contribution in [0.1, 0.15) is 25.0 Å². The second-order valence-electron chi connectivity index (χ2n) is 6.07. The summed E-state index contributed by atoms with van der Waals surface area (Å²) in [6, 6.07) is 18.4. The summed E-state index contributed by atoms with van der Waals surface area (Å²) in [4.78, 5) is 26.5. The molecule has 122 valence electrons. The van der Waals surface area contributed by atoms with Gasteiger partial charge in [0.25, 0.3) is 5.91 Å². The molecule has 1 atom stereocenters. The molecule has 24 heavy (non-hydrogen) atoms. The molecule has 1 amide bonds. The fraction of sp³-hybridized carbons (Fsp3) is 0.200. The smallest absolute Gasteiger partial charge is 0.257 e. The molecule has 0 saturated carbocycles. The van der Waals surface area contributed by atoms with E-state index in [4.69, 9.17) is 0 Å². The van der Waals surface area contributed by atoms with Gasteiger partial charge in [-0.25, -0.2) is 0 Å². The van der Waals surface area contributed by atoms with Crippen molar-refractivity contribution in [3.05, 3.63) is 77.4 Å². The van der Waals surface area contributed by atoms with Gasteiger partial charge >= 0.3 is 0 Å². The fourth-order valence-electron chi connectivity index (χ4n) is 3.19. The molecule has 0 aromatic heterocycles. The number of carbonyl (C=O) groups is 2. The number of ketones is 1. The maximum absolute atomic E-state index is 13.0. The summed E-state index contributed by atoms with van der Waals surface area (Å²) in [7, 11) is 0. The highest BCUT2D eigenvalue weighted by atomic mass is 16.3. The highest BCUT2D eigenvalue weighted by molar-refractivity contribution is 6.29. The van der Waals surface area contributed by atoms with Crippen molar-refractivity contribution in [2.24, 2.45) is 0 Å². The number of hydrogen-bond acceptors (Lipinski definition) is 3. The molecule has 1 heterocycles. The Balaban J connectivity index is 2.08. The van der Waals surface area contributed by atoms with Crippen molar-refractivity contribution >= 4 is 17.3 Å². The van der Waals surface area contributed by atoms with Crippen molar-refractivity contribution in [1.29, 1.82) is 0 Å². The first-order valence-corrected chi connectivity index (χ1v) is 7.82. The van der Waals surface area contributed by atoms with Crippen LogP contribution in [-0.4, -0.2) is 27.4 Å². The Bertz CT molecular complexity index is 807. The number of benzene rings is 2. The summed E-state index contributed by atoms with van der Waals surface area (Å²) in [6.07, 6.45) is 0. The Morgan fingerprint density at radius 1 is 1.04 bits per heavy atom. The van der Waals surface area contributed by atoms with Crippen LogP contribution in [0.2, 0.25) is 0 Å². The molecule has 1 aliphatic rings. The maximum atomic E-state index is 13.0. The van der Waals surface area contributed by atoms with E-state index in [0.29, 0.717) is 5.56 Å². The van der Waals surface area contributed by atoms with Crippen LogP contribution in [0.25, 0.3) is 5.57 Å². The van der Waals surface area contributed by atoms with Crippen molar-refractivity contribution in [1.82, 2.24) is 4.90 Å². The first-order valence-electron chi connectivity index (χ1n) is 7.82. The van der Waals surface area contributed by atoms with Gasteiger partial charge in [0.05, 0.1) is 11.1 Å². The Kier molecular flexibility index (Phi) is 4.08. The monoisotopic (exact) mass is 321 g/mol. The SMILES string of the molecule is CC(=O)C1=C(c2ccccc2)C(=O)N(Cc2ccccc2)C1(C)O. The lowest BCUT2D eigenvalue weighted by Gasteiger charge is -2.32. The summed E-state index contributed by atoms with van der Waals surface area (Å²) in [5, 5.41) is 11.0. The van der Waals surface area contributed by atoms with Gasteiger partial charge in [0.2, 0.25) is 0 Å². The van der Waals surface area contributed by atoms with Crippen molar-refractivity contribution in [3.8, 4) is 0 Å². The van der Waals surface area contributed by atoms with E-state index in [2.05, 4.69) is 0 Å². The lowest BCUT2D eigenvalue weighted by molar-refractivity contribution is -0.141. The molecule has 3 rings (SSSR count). The highest BCUT2D eigenvalue weighted by Crippen LogP contribution is 2.40. The third-order valence-corrected chi connectivity index (χ3v) is 4.31. The van der Waals surface area contributed by atoms with E-state index in [1.807, 2.05) is 48.5 Å². The van der Waals surface area contributed by atoms with Gasteiger partial charge in [-0.15, -0.1) is 0 Å². The molecule has 1 aliphatic heterocycles. The number of amides is 1. The minimum Gasteiger partial charge on any atom is -0.367 e. The predicted molar refractivity (Wildman–Crippen MR) is 91.7 cm³/mol. The number of aliphatic hydroxyl groups is 1. The minimum absolute atomic E-state index is 0.148. The van der Waals surface area contributed by atoms with E-state index < -0.39 is 5.72 Å². The lowest BCUT2D eigenvalue weighted by atomic mass is 9.95. The summed E-state index contributed by atoms with van der Waals surface area (Å²) in [6.45, 7) is 3.12. The number of carbonyl (C=O) groups excluding carboxylic acids is 2. The van der Waals surface area contributed by atoms with Crippen LogP contribution in [0.3, 0.4) is 0 Å². The van der Waals surface area contributed by atoms with Crippen LogP contribution in [0.5, 0.6) is 0 Å². The van der Waals surface area contributed by atoms with E-state index >= 15 is 0 Å². The van der Waals surface area contributed by atoms with Gasteiger partial charge in [0.1, 0.15) is 0 Å². The standard InChI is InChI=1S/C20H19NO3/c1-14(22)18-17(16-11-7-4-8-12-16)19(23)21(20(18,2)24)13-15-9-5-3-6-10-15/h3-12,24H,13H2,1-2H3. The third kappa shape index (κ3) is 2.65. The second-order valence-corrected chi connectivity index (χ2v) is 6.07. The summed E-state index contributed by atoms with van der Waals surface area (Å²) in [5.74, 6) is -0.636. The van der Waals surface area contributed by atoms with Gasteiger partial charge in [-0.05, 0) is 25.0 Å². The Morgan fingerprint density at radius 2 is 1.58 bits per heavy atom. The van der Waals surface area contributed by atoms with Crippen LogP contribution in [0.4, 0.5) is 0 Å². The number of rotatable bonds is 4. The largest absolute Gasteiger partial charge is 0.367 e. The molecule has 0 radical (unpaired) electrons. The van der Waals surface area contributed by atoms with E-state index in [1.165, 1.54) is 18.7 Å². The topological polar surface area (TPSA) is 57.6 Å². The molecular formula is C20H19NO3. The average molecular weight is 321 g/mol. The van der Waals surface area contributed by atoms with Crippen LogP contribution < -0.4 is 0 Å². The summed E-state index contributed by atoms with van der Waals surface area (Å²) in [5.41, 5.74) is 0.328. The molecule has 2 aromatic carbocycles. The fourth-order valence-corrected chi connectivity index (χ4v) is 3.19. The molecule has 0 spiro atoms. The molecule has 4 nitrogen and oxygen atoms in total. The lowest BCUT2D eigenvalue weighted by Crippen LogP contribution is -2.46. The molecule has 4 heteroatoms. The number of nitrogens with zero attached hydrogens (tertiary/aromatic N) is 1. The van der Waals surface area contributed by atoms with Crippen LogP contribution in [0.15, 0.2) is 66.2 Å². The highest BCUT2D eigenvalue weighted by Gasteiger charge is 2.49. The predicted octanol–water partition coefficient (Wildman–Crippen LogP) is 2.78. The van der Waals surface area contributed by atoms with Gasteiger partial charge in [-0.3, -0.25) is 9.59 Å². The van der Waals surface area contributed by atoms with E-state index in [0.717, 1.165) is 5.56 Å². The Morgan fingerprint density at radius 3 is 2.12 bits per heavy atom. The summed E-state index contributed by atoms with van der Waals surface area (Å²) < 4.78 is 0. The number of hydrogen-bond donors (Lipinski definition) is 1. The first kappa shape index (κ1) is 16.1. The Hall–Kier alpha value is -2.72. The quantitative estimate of drug-likeness (QED) is 0.942. The van der Waals surface area contributed by atoms with E-state index in [1.54, 1.807) is 12.1 Å². The molecule has 0 saturated heterocycles. The van der Waals surface area contributed by atoms with Crippen molar-refractivity contribution in [2.45, 2.75) is 26.1 Å². The molecular weight excluding hydrogens is 302 g/mol. The summed E-state index contributed by atoms with van der Waals surface area (Å²) >= 11 is 0. The molecule has 1 unspecified atom stereocenters. The zero-order valence-corrected chi connectivity index (χ0v) is 13.7. The van der Waals surface area contributed by atoms with E-state index in [9.17, 15) is 14.7 Å². The van der Waals surface area contributed by atoms with E-state index in [-0.39, 0.29) is 29.4 Å². The molecule has 0 bridgehead atoms. The van der Waals surface area contributed by atoms with Gasteiger partial charge < -0.3 is 10.0 Å². The van der Waals surface area contributed by atoms with Gasteiger partial charge in [0, 0.05) is 6.54 Å². The molecule has 0 aliphatic carbocycles. The third-order valence-electron chi connectivity index (χ3n) is 4.31.